The van der Waals surface area contributed by atoms with Crippen LogP contribution in [0, 0.1) is 0 Å². The van der Waals surface area contributed by atoms with Gasteiger partial charge in [0.15, 0.2) is 5.88 Å². The number of hydrogen-bond donors (Lipinski definition) is 3. The Hall–Kier alpha value is -0.960. The lowest BCUT2D eigenvalue weighted by atomic mass is 10.00. The Labute approximate surface area is 71.8 Å². The topological polar surface area (TPSA) is 48.0 Å². The molecule has 0 radical (unpaired) electrons. The number of aromatic amines is 1. The minimum Gasteiger partial charge on any atom is -0.494 e. The summed E-state index contributed by atoms with van der Waals surface area (Å²) in [5.74, 6) is 0.314. The SMILES string of the molecule is Oc1[nH]ccc1[C@@H]1CCCCN1. The van der Waals surface area contributed by atoms with Crippen LogP contribution in [-0.4, -0.2) is 16.6 Å². The third-order valence-corrected chi connectivity index (χ3v) is 2.44. The molecule has 12 heavy (non-hydrogen) atoms. The van der Waals surface area contributed by atoms with Crippen LogP contribution >= 0.6 is 0 Å². The van der Waals surface area contributed by atoms with E-state index in [0.717, 1.165) is 18.5 Å². The summed E-state index contributed by atoms with van der Waals surface area (Å²) in [6.45, 7) is 1.06. The summed E-state index contributed by atoms with van der Waals surface area (Å²) in [5, 5.41) is 12.8. The lowest BCUT2D eigenvalue weighted by Crippen LogP contribution is -2.26. The standard InChI is InChI=1S/C9H14N2O/c12-9-7(4-6-11-9)8-3-1-2-5-10-8/h4,6,8,10-12H,1-3,5H2/t8-/m0/s1. The van der Waals surface area contributed by atoms with Gasteiger partial charge in [-0.2, -0.15) is 0 Å². The van der Waals surface area contributed by atoms with Crippen molar-refractivity contribution in [2.24, 2.45) is 0 Å². The molecule has 1 aliphatic rings. The predicted molar refractivity (Wildman–Crippen MR) is 47.1 cm³/mol. The molecule has 2 rings (SSSR count). The van der Waals surface area contributed by atoms with Crippen LogP contribution in [0.2, 0.25) is 0 Å². The van der Waals surface area contributed by atoms with Gasteiger partial charge >= 0.3 is 0 Å². The minimum absolute atomic E-state index is 0.314. The maximum atomic E-state index is 9.41. The Morgan fingerprint density at radius 3 is 2.92 bits per heavy atom. The first-order valence-electron chi connectivity index (χ1n) is 4.47. The maximum Gasteiger partial charge on any atom is 0.193 e. The number of aromatic nitrogens is 1. The Morgan fingerprint density at radius 2 is 2.33 bits per heavy atom. The monoisotopic (exact) mass is 166 g/mol. The van der Waals surface area contributed by atoms with Crippen molar-refractivity contribution in [2.75, 3.05) is 6.54 Å². The normalized spacial score (nSPS) is 24.2. The highest BCUT2D eigenvalue weighted by Gasteiger charge is 2.17. The second-order valence-electron chi connectivity index (χ2n) is 3.28. The van der Waals surface area contributed by atoms with Gasteiger partial charge in [-0.05, 0) is 25.5 Å². The fourth-order valence-electron chi connectivity index (χ4n) is 1.77. The zero-order valence-corrected chi connectivity index (χ0v) is 7.01. The van der Waals surface area contributed by atoms with Gasteiger partial charge in [0.2, 0.25) is 0 Å². The zero-order valence-electron chi connectivity index (χ0n) is 7.01. The Bertz CT molecular complexity index is 251. The van der Waals surface area contributed by atoms with Crippen LogP contribution in [0.4, 0.5) is 0 Å². The van der Waals surface area contributed by atoms with Crippen LogP contribution in [0.5, 0.6) is 5.88 Å². The molecule has 1 fully saturated rings. The highest BCUT2D eigenvalue weighted by Crippen LogP contribution is 2.28. The van der Waals surface area contributed by atoms with E-state index in [-0.39, 0.29) is 0 Å². The largest absolute Gasteiger partial charge is 0.494 e. The molecule has 0 unspecified atom stereocenters. The van der Waals surface area contributed by atoms with Crippen LogP contribution in [0.25, 0.3) is 0 Å². The van der Waals surface area contributed by atoms with Crippen LogP contribution in [0.15, 0.2) is 12.3 Å². The van der Waals surface area contributed by atoms with Gasteiger partial charge in [0.05, 0.1) is 0 Å². The Kier molecular flexibility index (Phi) is 2.04. The van der Waals surface area contributed by atoms with E-state index >= 15 is 0 Å². The number of H-pyrrole nitrogens is 1. The molecule has 0 saturated carbocycles. The van der Waals surface area contributed by atoms with Crippen molar-refractivity contribution in [3.05, 3.63) is 17.8 Å². The molecular weight excluding hydrogens is 152 g/mol. The van der Waals surface area contributed by atoms with Crippen LogP contribution in [0.1, 0.15) is 30.9 Å². The van der Waals surface area contributed by atoms with E-state index in [9.17, 15) is 5.11 Å². The van der Waals surface area contributed by atoms with Crippen molar-refractivity contribution in [1.82, 2.24) is 10.3 Å². The summed E-state index contributed by atoms with van der Waals surface area (Å²) >= 11 is 0. The lowest BCUT2D eigenvalue weighted by molar-refractivity contribution is 0.387. The van der Waals surface area contributed by atoms with Crippen molar-refractivity contribution in [3.63, 3.8) is 0 Å². The summed E-state index contributed by atoms with van der Waals surface area (Å²) in [5.41, 5.74) is 1.01. The zero-order chi connectivity index (χ0) is 8.39. The van der Waals surface area contributed by atoms with Gasteiger partial charge in [-0.15, -0.1) is 0 Å². The van der Waals surface area contributed by atoms with Crippen molar-refractivity contribution in [1.29, 1.82) is 0 Å². The molecule has 3 N–H and O–H groups in total. The van der Waals surface area contributed by atoms with E-state index in [1.54, 1.807) is 6.20 Å². The van der Waals surface area contributed by atoms with Crippen molar-refractivity contribution in [2.45, 2.75) is 25.3 Å². The van der Waals surface area contributed by atoms with Gasteiger partial charge in [0, 0.05) is 17.8 Å². The average molecular weight is 166 g/mol. The minimum atomic E-state index is 0.314. The molecule has 1 aromatic heterocycles. The summed E-state index contributed by atoms with van der Waals surface area (Å²) in [6.07, 6.45) is 5.41. The summed E-state index contributed by atoms with van der Waals surface area (Å²) < 4.78 is 0. The first-order valence-corrected chi connectivity index (χ1v) is 4.47. The quantitative estimate of drug-likeness (QED) is 0.592. The molecule has 0 amide bonds. The van der Waals surface area contributed by atoms with E-state index in [1.807, 2.05) is 6.07 Å². The Morgan fingerprint density at radius 1 is 1.42 bits per heavy atom. The summed E-state index contributed by atoms with van der Waals surface area (Å²) in [7, 11) is 0. The Balaban J connectivity index is 2.13. The highest BCUT2D eigenvalue weighted by atomic mass is 16.3. The molecule has 3 heteroatoms. The average Bonchev–Trinajstić information content (AvgIpc) is 2.53. The predicted octanol–water partition coefficient (Wildman–Crippen LogP) is 1.53. The number of piperidine rings is 1. The maximum absolute atomic E-state index is 9.41. The summed E-state index contributed by atoms with van der Waals surface area (Å²) in [4.78, 5) is 2.78. The van der Waals surface area contributed by atoms with Crippen LogP contribution < -0.4 is 5.32 Å². The third kappa shape index (κ3) is 1.32. The number of aromatic hydroxyl groups is 1. The second kappa shape index (κ2) is 3.19. The molecule has 1 aromatic rings. The molecule has 3 nitrogen and oxygen atoms in total. The number of rotatable bonds is 1. The molecule has 0 aliphatic carbocycles. The van der Waals surface area contributed by atoms with Gasteiger partial charge in [0.25, 0.3) is 0 Å². The fourth-order valence-corrected chi connectivity index (χ4v) is 1.77. The van der Waals surface area contributed by atoms with Crippen LogP contribution in [-0.2, 0) is 0 Å². The first kappa shape index (κ1) is 7.68. The van der Waals surface area contributed by atoms with E-state index in [2.05, 4.69) is 10.3 Å². The molecular formula is C9H14N2O. The van der Waals surface area contributed by atoms with Crippen molar-refractivity contribution < 1.29 is 5.11 Å². The lowest BCUT2D eigenvalue weighted by Gasteiger charge is -2.22. The molecule has 1 atom stereocenters. The molecule has 0 spiro atoms. The van der Waals surface area contributed by atoms with E-state index in [4.69, 9.17) is 0 Å². The van der Waals surface area contributed by atoms with Gasteiger partial charge in [-0.1, -0.05) is 6.42 Å². The molecule has 0 bridgehead atoms. The molecule has 0 aromatic carbocycles. The smallest absolute Gasteiger partial charge is 0.193 e. The number of hydrogen-bond acceptors (Lipinski definition) is 2. The molecule has 1 saturated heterocycles. The van der Waals surface area contributed by atoms with Crippen molar-refractivity contribution in [3.8, 4) is 5.88 Å². The first-order chi connectivity index (χ1) is 5.88. The van der Waals surface area contributed by atoms with Gasteiger partial charge in [-0.3, -0.25) is 0 Å². The second-order valence-corrected chi connectivity index (χ2v) is 3.28. The van der Waals surface area contributed by atoms with Gasteiger partial charge in [-0.25, -0.2) is 0 Å². The van der Waals surface area contributed by atoms with Crippen molar-refractivity contribution >= 4 is 0 Å². The molecule has 1 aliphatic heterocycles. The fraction of sp³-hybridized carbons (Fsp3) is 0.556. The molecule has 2 heterocycles. The summed E-state index contributed by atoms with van der Waals surface area (Å²) in [6, 6.07) is 2.29. The highest BCUT2D eigenvalue weighted by molar-refractivity contribution is 5.28. The third-order valence-electron chi connectivity index (χ3n) is 2.44. The number of nitrogens with one attached hydrogen (secondary N) is 2. The van der Waals surface area contributed by atoms with E-state index in [1.165, 1.54) is 12.8 Å². The van der Waals surface area contributed by atoms with Gasteiger partial charge in [0.1, 0.15) is 0 Å². The molecule has 66 valence electrons. The van der Waals surface area contributed by atoms with Gasteiger partial charge < -0.3 is 15.4 Å². The van der Waals surface area contributed by atoms with E-state index in [0.29, 0.717) is 11.9 Å². The van der Waals surface area contributed by atoms with E-state index < -0.39 is 0 Å². The van der Waals surface area contributed by atoms with Crippen LogP contribution in [0.3, 0.4) is 0 Å².